The number of hydrogen-bond acceptors (Lipinski definition) is 2. The van der Waals surface area contributed by atoms with Crippen molar-refractivity contribution in [3.05, 3.63) is 210 Å². The molecule has 12 rings (SSSR count). The summed E-state index contributed by atoms with van der Waals surface area (Å²) in [5, 5.41) is 7.24. The summed E-state index contributed by atoms with van der Waals surface area (Å²) in [7, 11) is 0. The fourth-order valence-electron chi connectivity index (χ4n) is 10.7. The van der Waals surface area contributed by atoms with Gasteiger partial charge in [0.2, 0.25) is 0 Å². The van der Waals surface area contributed by atoms with E-state index in [2.05, 4.69) is 188 Å². The fraction of sp³-hybridized carbons (Fsp3) is 0.143. The molecule has 278 valence electrons. The molecule has 0 spiro atoms. The van der Waals surface area contributed by atoms with Crippen LogP contribution in [0, 0.1) is 17.8 Å². The maximum absolute atomic E-state index is 7.14. The summed E-state index contributed by atoms with van der Waals surface area (Å²) in [6, 6.07) is 54.8. The molecular formula is C56H42O2. The van der Waals surface area contributed by atoms with Crippen LogP contribution in [0.3, 0.4) is 0 Å². The summed E-state index contributed by atoms with van der Waals surface area (Å²) in [4.78, 5) is 0. The van der Waals surface area contributed by atoms with E-state index in [0.29, 0.717) is 29.6 Å². The molecule has 5 atom stereocenters. The first kappa shape index (κ1) is 33.5. The van der Waals surface area contributed by atoms with Gasteiger partial charge in [0.1, 0.15) is 22.3 Å². The number of fused-ring (bicyclic) bond motifs is 9. The summed E-state index contributed by atoms with van der Waals surface area (Å²) in [6.45, 7) is 0. The monoisotopic (exact) mass is 746 g/mol. The Morgan fingerprint density at radius 3 is 1.86 bits per heavy atom. The van der Waals surface area contributed by atoms with E-state index in [1.54, 1.807) is 0 Å². The Labute approximate surface area is 338 Å². The highest BCUT2D eigenvalue weighted by atomic mass is 16.3. The Morgan fingerprint density at radius 1 is 0.414 bits per heavy atom. The lowest BCUT2D eigenvalue weighted by Crippen LogP contribution is -2.24. The van der Waals surface area contributed by atoms with E-state index in [1.165, 1.54) is 65.9 Å². The molecule has 1 fully saturated rings. The largest absolute Gasteiger partial charge is 0.456 e. The lowest BCUT2D eigenvalue weighted by atomic mass is 9.66. The average Bonchev–Trinajstić information content (AvgIpc) is 3.88. The highest BCUT2D eigenvalue weighted by molar-refractivity contribution is 6.19. The second kappa shape index (κ2) is 13.5. The quantitative estimate of drug-likeness (QED) is 0.175. The smallest absolute Gasteiger partial charge is 0.143 e. The average molecular weight is 747 g/mol. The predicted octanol–water partition coefficient (Wildman–Crippen LogP) is 15.4. The van der Waals surface area contributed by atoms with Crippen molar-refractivity contribution >= 4 is 60.2 Å². The van der Waals surface area contributed by atoms with Crippen molar-refractivity contribution in [2.24, 2.45) is 17.8 Å². The molecule has 5 unspecified atom stereocenters. The van der Waals surface area contributed by atoms with Gasteiger partial charge in [-0.15, -0.1) is 0 Å². The number of allylic oxidation sites excluding steroid dienone is 8. The van der Waals surface area contributed by atoms with Gasteiger partial charge in [0.25, 0.3) is 0 Å². The summed E-state index contributed by atoms with van der Waals surface area (Å²) >= 11 is 0. The van der Waals surface area contributed by atoms with E-state index < -0.39 is 0 Å². The van der Waals surface area contributed by atoms with E-state index in [0.717, 1.165) is 47.0 Å². The van der Waals surface area contributed by atoms with Crippen LogP contribution in [0.2, 0.25) is 0 Å². The van der Waals surface area contributed by atoms with Gasteiger partial charge in [-0.3, -0.25) is 0 Å². The normalized spacial score (nSPS) is 21.8. The minimum absolute atomic E-state index is 0.305. The highest BCUT2D eigenvalue weighted by Crippen LogP contribution is 2.52. The predicted molar refractivity (Wildman–Crippen MR) is 241 cm³/mol. The molecule has 0 aliphatic heterocycles. The topological polar surface area (TPSA) is 26.3 Å². The van der Waals surface area contributed by atoms with E-state index in [4.69, 9.17) is 8.83 Å². The first-order valence-corrected chi connectivity index (χ1v) is 20.9. The van der Waals surface area contributed by atoms with Crippen LogP contribution >= 0.6 is 0 Å². The fourth-order valence-corrected chi connectivity index (χ4v) is 10.7. The zero-order valence-corrected chi connectivity index (χ0v) is 32.2. The van der Waals surface area contributed by atoms with Gasteiger partial charge in [0.05, 0.1) is 0 Å². The van der Waals surface area contributed by atoms with Gasteiger partial charge in [-0.2, -0.15) is 0 Å². The van der Waals surface area contributed by atoms with Crippen molar-refractivity contribution in [3.63, 3.8) is 0 Å². The SMILES string of the molecule is C1=CC2C=C(C3CC(c4cccc5c4oc4c6ccccc6c(-c6ccccc6)cc54)CC(c4cccc5oc6ccccc6c45)C3)C=CC2C=C1c1ccccc1. The van der Waals surface area contributed by atoms with Crippen LogP contribution in [-0.4, -0.2) is 0 Å². The molecule has 58 heavy (non-hydrogen) atoms. The van der Waals surface area contributed by atoms with Crippen LogP contribution in [0.25, 0.3) is 71.3 Å². The minimum Gasteiger partial charge on any atom is -0.456 e. The van der Waals surface area contributed by atoms with Crippen molar-refractivity contribution in [2.45, 2.75) is 31.1 Å². The third kappa shape index (κ3) is 5.46. The lowest BCUT2D eigenvalue weighted by Gasteiger charge is -2.38. The number of rotatable bonds is 5. The summed E-state index contributed by atoms with van der Waals surface area (Å²) in [5.74, 6) is 1.77. The molecule has 1 saturated carbocycles. The summed E-state index contributed by atoms with van der Waals surface area (Å²) in [6.07, 6.45) is 17.9. The van der Waals surface area contributed by atoms with Gasteiger partial charge in [-0.1, -0.05) is 170 Å². The van der Waals surface area contributed by atoms with E-state index in [9.17, 15) is 0 Å². The summed E-state index contributed by atoms with van der Waals surface area (Å²) in [5.41, 5.74) is 13.2. The molecular weight excluding hydrogens is 705 g/mol. The number of furan rings is 2. The van der Waals surface area contributed by atoms with Crippen LogP contribution in [0.15, 0.2) is 203 Å². The zero-order valence-electron chi connectivity index (χ0n) is 32.2. The molecule has 0 N–H and O–H groups in total. The molecule has 7 aromatic carbocycles. The highest BCUT2D eigenvalue weighted by Gasteiger charge is 2.36. The Morgan fingerprint density at radius 2 is 1.02 bits per heavy atom. The first-order chi connectivity index (χ1) is 28.7. The van der Waals surface area contributed by atoms with Crippen LogP contribution in [0.5, 0.6) is 0 Å². The molecule has 3 aliphatic rings. The molecule has 2 heteroatoms. The van der Waals surface area contributed by atoms with Crippen molar-refractivity contribution in [1.29, 1.82) is 0 Å². The molecule has 2 aromatic heterocycles. The third-order valence-corrected chi connectivity index (χ3v) is 13.4. The van der Waals surface area contributed by atoms with Crippen LogP contribution in [-0.2, 0) is 0 Å². The molecule has 0 saturated heterocycles. The molecule has 3 aliphatic carbocycles. The van der Waals surface area contributed by atoms with Gasteiger partial charge in [-0.25, -0.2) is 0 Å². The first-order valence-electron chi connectivity index (χ1n) is 20.9. The van der Waals surface area contributed by atoms with E-state index >= 15 is 0 Å². The summed E-state index contributed by atoms with van der Waals surface area (Å²) < 4.78 is 13.6. The molecule has 9 aromatic rings. The Hall–Kier alpha value is -6.64. The maximum Gasteiger partial charge on any atom is 0.143 e. The van der Waals surface area contributed by atoms with Crippen molar-refractivity contribution in [2.75, 3.05) is 0 Å². The Kier molecular flexibility index (Phi) is 7.79. The van der Waals surface area contributed by atoms with Crippen LogP contribution in [0.1, 0.15) is 47.8 Å². The molecule has 0 amide bonds. The van der Waals surface area contributed by atoms with Crippen LogP contribution in [0.4, 0.5) is 0 Å². The molecule has 2 nitrogen and oxygen atoms in total. The number of para-hydroxylation sites is 2. The third-order valence-electron chi connectivity index (χ3n) is 13.4. The van der Waals surface area contributed by atoms with Gasteiger partial charge < -0.3 is 8.83 Å². The van der Waals surface area contributed by atoms with Gasteiger partial charge in [0, 0.05) is 38.8 Å². The van der Waals surface area contributed by atoms with Crippen molar-refractivity contribution in [3.8, 4) is 11.1 Å². The lowest BCUT2D eigenvalue weighted by molar-refractivity contribution is 0.323. The van der Waals surface area contributed by atoms with E-state index in [-0.39, 0.29) is 0 Å². The molecule has 0 radical (unpaired) electrons. The standard InChI is InChI=1S/C56H42O2/c1-3-13-35(14-4-1)37-25-26-39-30-40(28-27-38(39)29-37)41-31-42(44-20-12-24-53-54(44)49-19-9-10-23-52(49)57-53)33-43(32-41)45-21-11-22-48-51-34-50(36-15-5-2-6-16-36)46-17-7-8-18-47(46)56(51)58-55(45)48/h1-30,34,38-39,41-43H,31-33H2. The Balaban J connectivity index is 0.986. The van der Waals surface area contributed by atoms with Crippen molar-refractivity contribution in [1.82, 2.24) is 0 Å². The molecule has 0 bridgehead atoms. The van der Waals surface area contributed by atoms with Crippen LogP contribution < -0.4 is 0 Å². The zero-order chi connectivity index (χ0) is 38.2. The van der Waals surface area contributed by atoms with Crippen molar-refractivity contribution < 1.29 is 8.83 Å². The minimum atomic E-state index is 0.305. The van der Waals surface area contributed by atoms with Gasteiger partial charge >= 0.3 is 0 Å². The molecule has 2 heterocycles. The Bertz CT molecular complexity index is 3170. The van der Waals surface area contributed by atoms with Gasteiger partial charge in [-0.05, 0) is 99.6 Å². The second-order valence-electron chi connectivity index (χ2n) is 16.7. The van der Waals surface area contributed by atoms with Gasteiger partial charge in [0.15, 0.2) is 0 Å². The maximum atomic E-state index is 7.14. The second-order valence-corrected chi connectivity index (χ2v) is 16.7. The number of hydrogen-bond donors (Lipinski definition) is 0. The van der Waals surface area contributed by atoms with E-state index in [1.807, 2.05) is 0 Å². The number of benzene rings is 7.